The van der Waals surface area contributed by atoms with Crippen molar-refractivity contribution in [3.05, 3.63) is 0 Å². The summed E-state index contributed by atoms with van der Waals surface area (Å²) in [4.78, 5) is 36.7. The van der Waals surface area contributed by atoms with Crippen LogP contribution in [0.4, 0.5) is 0 Å². The third-order valence-corrected chi connectivity index (χ3v) is 4.59. The van der Waals surface area contributed by atoms with Crippen molar-refractivity contribution in [3.8, 4) is 0 Å². The molecule has 4 atom stereocenters. The molecule has 0 saturated carbocycles. The highest BCUT2D eigenvalue weighted by Gasteiger charge is 2.31. The van der Waals surface area contributed by atoms with Gasteiger partial charge in [-0.2, -0.15) is 0 Å². The average Bonchev–Trinajstić information content (AvgIpc) is 2.56. The predicted octanol–water partition coefficient (Wildman–Crippen LogP) is 0.547. The maximum absolute atomic E-state index is 12.9. The van der Waals surface area contributed by atoms with Gasteiger partial charge < -0.3 is 26.4 Å². The predicted molar refractivity (Wildman–Crippen MR) is 106 cm³/mol. The molecule has 0 aliphatic heterocycles. The lowest BCUT2D eigenvalue weighted by atomic mass is 9.98. The van der Waals surface area contributed by atoms with E-state index in [4.69, 9.17) is 10.5 Å². The third kappa shape index (κ3) is 8.71. The standard InChI is InChI=1S/C19H38N4O4/c1-8-9-13(14(27-7)10-15(20)24)22-19(26)17(12(4)5)23-18(25)16(21-6)11(2)3/h11-14,16-17,21H,8-10H2,1-7H3,(H2,20,24)(H,22,26)(H,23,25)/t13-,14?,16-,17-/m0/s1. The van der Waals surface area contributed by atoms with Gasteiger partial charge in [-0.05, 0) is 25.3 Å². The molecular weight excluding hydrogens is 348 g/mol. The molecule has 0 aliphatic rings. The highest BCUT2D eigenvalue weighted by Crippen LogP contribution is 2.12. The number of amides is 3. The second kappa shape index (κ2) is 12.7. The van der Waals surface area contributed by atoms with Gasteiger partial charge in [0.25, 0.3) is 0 Å². The molecular formula is C19H38N4O4. The normalized spacial score (nSPS) is 15.9. The van der Waals surface area contributed by atoms with Gasteiger partial charge in [0, 0.05) is 7.11 Å². The van der Waals surface area contributed by atoms with Gasteiger partial charge in [0.2, 0.25) is 17.7 Å². The number of carbonyl (C=O) groups is 3. The van der Waals surface area contributed by atoms with Gasteiger partial charge in [0.1, 0.15) is 6.04 Å². The molecule has 8 heteroatoms. The van der Waals surface area contributed by atoms with Gasteiger partial charge in [-0.25, -0.2) is 0 Å². The molecule has 158 valence electrons. The molecule has 0 rings (SSSR count). The highest BCUT2D eigenvalue weighted by atomic mass is 16.5. The van der Waals surface area contributed by atoms with E-state index in [1.54, 1.807) is 7.05 Å². The zero-order chi connectivity index (χ0) is 21.1. The zero-order valence-electron chi connectivity index (χ0n) is 17.8. The molecule has 0 bridgehead atoms. The van der Waals surface area contributed by atoms with Crippen LogP contribution >= 0.6 is 0 Å². The van der Waals surface area contributed by atoms with Crippen molar-refractivity contribution in [2.45, 2.75) is 78.1 Å². The van der Waals surface area contributed by atoms with E-state index in [9.17, 15) is 14.4 Å². The maximum Gasteiger partial charge on any atom is 0.243 e. The van der Waals surface area contributed by atoms with Crippen LogP contribution < -0.4 is 21.7 Å². The zero-order valence-corrected chi connectivity index (χ0v) is 17.8. The number of primary amides is 1. The second-order valence-electron chi connectivity index (χ2n) is 7.59. The van der Waals surface area contributed by atoms with Crippen LogP contribution in [0.15, 0.2) is 0 Å². The topological polar surface area (TPSA) is 123 Å². The van der Waals surface area contributed by atoms with Crippen LogP contribution in [0, 0.1) is 11.8 Å². The summed E-state index contributed by atoms with van der Waals surface area (Å²) >= 11 is 0. The Morgan fingerprint density at radius 2 is 1.48 bits per heavy atom. The lowest BCUT2D eigenvalue weighted by Crippen LogP contribution is -2.58. The monoisotopic (exact) mass is 386 g/mol. The number of carbonyl (C=O) groups excluding carboxylic acids is 3. The molecule has 8 nitrogen and oxygen atoms in total. The number of hydrogen-bond donors (Lipinski definition) is 4. The summed E-state index contributed by atoms with van der Waals surface area (Å²) in [7, 11) is 3.21. The smallest absolute Gasteiger partial charge is 0.243 e. The third-order valence-electron chi connectivity index (χ3n) is 4.59. The highest BCUT2D eigenvalue weighted by molar-refractivity contribution is 5.90. The van der Waals surface area contributed by atoms with E-state index in [0.29, 0.717) is 6.42 Å². The Morgan fingerprint density at radius 1 is 0.963 bits per heavy atom. The Kier molecular flexibility index (Phi) is 11.9. The number of rotatable bonds is 13. The van der Waals surface area contributed by atoms with Crippen molar-refractivity contribution in [2.75, 3.05) is 14.2 Å². The van der Waals surface area contributed by atoms with E-state index in [0.717, 1.165) is 6.42 Å². The van der Waals surface area contributed by atoms with Crippen LogP contribution in [0.2, 0.25) is 0 Å². The summed E-state index contributed by atoms with van der Waals surface area (Å²) < 4.78 is 5.37. The summed E-state index contributed by atoms with van der Waals surface area (Å²) in [6, 6.07) is -1.42. The molecule has 0 saturated heterocycles. The minimum absolute atomic E-state index is 0.0231. The molecule has 27 heavy (non-hydrogen) atoms. The van der Waals surface area contributed by atoms with E-state index in [2.05, 4.69) is 16.0 Å². The quantitative estimate of drug-likeness (QED) is 0.368. The van der Waals surface area contributed by atoms with Crippen LogP contribution in [-0.2, 0) is 19.1 Å². The van der Waals surface area contributed by atoms with Gasteiger partial charge in [0.05, 0.1) is 24.6 Å². The maximum atomic E-state index is 12.9. The van der Waals surface area contributed by atoms with Gasteiger partial charge in [-0.15, -0.1) is 0 Å². The van der Waals surface area contributed by atoms with Crippen LogP contribution in [0.1, 0.15) is 53.9 Å². The van der Waals surface area contributed by atoms with E-state index in [1.165, 1.54) is 7.11 Å². The molecule has 5 N–H and O–H groups in total. The summed E-state index contributed by atoms with van der Waals surface area (Å²) in [5.41, 5.74) is 5.29. The fourth-order valence-corrected chi connectivity index (χ4v) is 3.07. The number of likely N-dealkylation sites (N-methyl/N-ethyl adjacent to an activating group) is 1. The molecule has 0 aliphatic carbocycles. The Hall–Kier alpha value is -1.67. The first-order valence-electron chi connectivity index (χ1n) is 9.67. The number of ether oxygens (including phenoxy) is 1. The molecule has 1 unspecified atom stereocenters. The van der Waals surface area contributed by atoms with Crippen LogP contribution in [-0.4, -0.2) is 56.1 Å². The second-order valence-corrected chi connectivity index (χ2v) is 7.59. The number of hydrogen-bond acceptors (Lipinski definition) is 5. The first-order chi connectivity index (χ1) is 12.6. The number of methoxy groups -OCH3 is 1. The van der Waals surface area contributed by atoms with Crippen molar-refractivity contribution < 1.29 is 19.1 Å². The molecule has 0 heterocycles. The summed E-state index contributed by atoms with van der Waals surface area (Å²) in [6.07, 6.45) is 0.962. The van der Waals surface area contributed by atoms with Crippen molar-refractivity contribution >= 4 is 17.7 Å². The van der Waals surface area contributed by atoms with Crippen molar-refractivity contribution in [1.82, 2.24) is 16.0 Å². The summed E-state index contributed by atoms with van der Waals surface area (Å²) in [5.74, 6) is -0.999. The molecule has 0 radical (unpaired) electrons. The molecule has 3 amide bonds. The van der Waals surface area contributed by atoms with Crippen molar-refractivity contribution in [1.29, 1.82) is 0 Å². The number of nitrogens with one attached hydrogen (secondary N) is 3. The summed E-state index contributed by atoms with van der Waals surface area (Å²) in [5, 5.41) is 8.77. The Morgan fingerprint density at radius 3 is 1.85 bits per heavy atom. The number of nitrogens with two attached hydrogens (primary N) is 1. The molecule has 0 aromatic carbocycles. The Bertz CT molecular complexity index is 482. The minimum Gasteiger partial charge on any atom is -0.379 e. The fraction of sp³-hybridized carbons (Fsp3) is 0.842. The molecule has 0 aromatic heterocycles. The fourth-order valence-electron chi connectivity index (χ4n) is 3.07. The first-order valence-corrected chi connectivity index (χ1v) is 9.67. The van der Waals surface area contributed by atoms with Crippen molar-refractivity contribution in [2.24, 2.45) is 17.6 Å². The van der Waals surface area contributed by atoms with Gasteiger partial charge in [-0.3, -0.25) is 14.4 Å². The summed E-state index contributed by atoms with van der Waals surface area (Å²) in [6.45, 7) is 9.61. The van der Waals surface area contributed by atoms with Crippen molar-refractivity contribution in [3.63, 3.8) is 0 Å². The lowest BCUT2D eigenvalue weighted by Gasteiger charge is -2.30. The average molecular weight is 387 g/mol. The van der Waals surface area contributed by atoms with Gasteiger partial charge in [-0.1, -0.05) is 41.0 Å². The van der Waals surface area contributed by atoms with Gasteiger partial charge in [0.15, 0.2) is 0 Å². The van der Waals surface area contributed by atoms with Gasteiger partial charge >= 0.3 is 0 Å². The van der Waals surface area contributed by atoms with E-state index in [1.807, 2.05) is 34.6 Å². The lowest BCUT2D eigenvalue weighted by molar-refractivity contribution is -0.133. The van der Waals surface area contributed by atoms with Crippen LogP contribution in [0.25, 0.3) is 0 Å². The minimum atomic E-state index is -0.683. The first kappa shape index (κ1) is 25.3. The van der Waals surface area contributed by atoms with E-state index in [-0.39, 0.29) is 42.2 Å². The van der Waals surface area contributed by atoms with E-state index < -0.39 is 18.1 Å². The Labute approximate surface area is 163 Å². The Balaban J connectivity index is 5.26. The van der Waals surface area contributed by atoms with E-state index >= 15 is 0 Å². The molecule has 0 fully saturated rings. The molecule has 0 spiro atoms. The molecule has 0 aromatic rings. The van der Waals surface area contributed by atoms with Crippen LogP contribution in [0.3, 0.4) is 0 Å². The van der Waals surface area contributed by atoms with Crippen LogP contribution in [0.5, 0.6) is 0 Å². The largest absolute Gasteiger partial charge is 0.379 e. The SMILES string of the molecule is CCC[C@H](NC(=O)[C@@H](NC(=O)[C@@H](NC)C(C)C)C(C)C)C(CC(N)=O)OC.